The Bertz CT molecular complexity index is 1470. The molecular formula is C22H23F2N5O6. The lowest BCUT2D eigenvalue weighted by atomic mass is 10.1. The lowest BCUT2D eigenvalue weighted by Gasteiger charge is -2.37. The van der Waals surface area contributed by atoms with E-state index in [0.717, 1.165) is 19.2 Å². The number of nitrogens with zero attached hydrogens (tertiary/aromatic N) is 3. The molecule has 186 valence electrons. The summed E-state index contributed by atoms with van der Waals surface area (Å²) in [6.45, 7) is 5.08. The summed E-state index contributed by atoms with van der Waals surface area (Å²) >= 11 is 0. The van der Waals surface area contributed by atoms with E-state index in [4.69, 9.17) is 4.74 Å². The number of aromatic carboxylic acids is 1. The van der Waals surface area contributed by atoms with Gasteiger partial charge in [-0.05, 0) is 20.0 Å². The highest BCUT2D eigenvalue weighted by Crippen LogP contribution is 2.42. The summed E-state index contributed by atoms with van der Waals surface area (Å²) in [5.74, 6) is -2.53. The van der Waals surface area contributed by atoms with E-state index in [-0.39, 0.29) is 23.6 Å². The number of pyridine rings is 1. The third-order valence-corrected chi connectivity index (χ3v) is 5.97. The summed E-state index contributed by atoms with van der Waals surface area (Å²) in [5, 5.41) is 9.36. The molecule has 2 aromatic heterocycles. The highest BCUT2D eigenvalue weighted by Gasteiger charge is 2.30. The molecule has 1 unspecified atom stereocenters. The number of likely N-dealkylation sites (N-methyl/N-ethyl adjacent to an activating group) is 1. The third-order valence-electron chi connectivity index (χ3n) is 5.97. The van der Waals surface area contributed by atoms with Gasteiger partial charge in [0.15, 0.2) is 11.6 Å². The Morgan fingerprint density at radius 2 is 1.83 bits per heavy atom. The zero-order valence-corrected chi connectivity index (χ0v) is 18.9. The molecule has 1 aromatic carbocycles. The van der Waals surface area contributed by atoms with Crippen LogP contribution < -0.4 is 26.3 Å². The molecule has 1 saturated heterocycles. The van der Waals surface area contributed by atoms with Crippen molar-refractivity contribution in [2.24, 2.45) is 0 Å². The van der Waals surface area contributed by atoms with Crippen molar-refractivity contribution in [1.29, 1.82) is 0 Å². The highest BCUT2D eigenvalue weighted by atomic mass is 19.1. The van der Waals surface area contributed by atoms with Crippen LogP contribution in [0.2, 0.25) is 0 Å². The first-order chi connectivity index (χ1) is 16.6. The number of carboxylic acids is 1. The van der Waals surface area contributed by atoms with Crippen molar-refractivity contribution in [2.75, 3.05) is 44.7 Å². The van der Waals surface area contributed by atoms with Gasteiger partial charge in [0, 0.05) is 38.6 Å². The monoisotopic (exact) mass is 491 g/mol. The minimum atomic E-state index is -1.32. The molecule has 0 spiro atoms. The number of aromatic nitrogens is 3. The SMILES string of the molecule is CC1COc2c(N3CCN(C)CC3)c(F)cc3c(=O)c(C(=O)O)cn1c23.O=c1[nH]cc(F)c(=O)[nH]1. The van der Waals surface area contributed by atoms with E-state index in [1.54, 1.807) is 9.55 Å². The smallest absolute Gasteiger partial charge is 0.341 e. The van der Waals surface area contributed by atoms with Gasteiger partial charge in [-0.2, -0.15) is 4.39 Å². The molecule has 3 N–H and O–H groups in total. The van der Waals surface area contributed by atoms with Gasteiger partial charge < -0.3 is 29.2 Å². The fraction of sp³-hybridized carbons (Fsp3) is 0.364. The minimum Gasteiger partial charge on any atom is -0.487 e. The van der Waals surface area contributed by atoms with Crippen LogP contribution in [0.15, 0.2) is 32.8 Å². The van der Waals surface area contributed by atoms with E-state index in [1.807, 2.05) is 23.9 Å². The van der Waals surface area contributed by atoms with Crippen LogP contribution >= 0.6 is 0 Å². The van der Waals surface area contributed by atoms with Crippen LogP contribution in [0, 0.1) is 11.6 Å². The van der Waals surface area contributed by atoms with Gasteiger partial charge in [-0.1, -0.05) is 0 Å². The van der Waals surface area contributed by atoms with Crippen LogP contribution in [-0.2, 0) is 0 Å². The van der Waals surface area contributed by atoms with Crippen LogP contribution in [0.1, 0.15) is 23.3 Å². The van der Waals surface area contributed by atoms with Gasteiger partial charge in [-0.3, -0.25) is 14.6 Å². The molecule has 1 fully saturated rings. The Balaban J connectivity index is 0.000000271. The summed E-state index contributed by atoms with van der Waals surface area (Å²) in [6, 6.07) is 0.994. The number of carboxylic acid groups (broad SMARTS) is 1. The van der Waals surface area contributed by atoms with E-state index in [0.29, 0.717) is 36.2 Å². The molecule has 13 heteroatoms. The molecule has 0 saturated carbocycles. The third kappa shape index (κ3) is 4.54. The molecule has 0 radical (unpaired) electrons. The number of halogens is 2. The molecule has 3 aromatic rings. The summed E-state index contributed by atoms with van der Waals surface area (Å²) < 4.78 is 34.5. The maximum absolute atomic E-state index is 15.0. The van der Waals surface area contributed by atoms with Crippen LogP contribution in [0.25, 0.3) is 10.9 Å². The number of aromatic amines is 2. The maximum Gasteiger partial charge on any atom is 0.341 e. The zero-order valence-electron chi connectivity index (χ0n) is 18.9. The number of rotatable bonds is 2. The number of anilines is 1. The van der Waals surface area contributed by atoms with Crippen molar-refractivity contribution in [1.82, 2.24) is 19.4 Å². The Labute approximate surface area is 196 Å². The molecule has 0 aliphatic carbocycles. The van der Waals surface area contributed by atoms with Crippen molar-refractivity contribution in [3.8, 4) is 5.75 Å². The Morgan fingerprint density at radius 3 is 2.43 bits per heavy atom. The lowest BCUT2D eigenvalue weighted by Crippen LogP contribution is -2.45. The van der Waals surface area contributed by atoms with E-state index in [9.17, 15) is 33.1 Å². The Kier molecular flexibility index (Phi) is 6.43. The van der Waals surface area contributed by atoms with Crippen molar-refractivity contribution in [2.45, 2.75) is 13.0 Å². The topological polar surface area (TPSA) is 141 Å². The summed E-state index contributed by atoms with van der Waals surface area (Å²) in [4.78, 5) is 52.1. The van der Waals surface area contributed by atoms with Gasteiger partial charge >= 0.3 is 11.7 Å². The van der Waals surface area contributed by atoms with Crippen LogP contribution in [0.4, 0.5) is 14.5 Å². The number of ether oxygens (including phenoxy) is 1. The molecule has 35 heavy (non-hydrogen) atoms. The quantitative estimate of drug-likeness (QED) is 0.477. The number of carbonyl (C=O) groups is 1. The Morgan fingerprint density at radius 1 is 1.14 bits per heavy atom. The number of benzene rings is 1. The summed E-state index contributed by atoms with van der Waals surface area (Å²) in [5.41, 5.74) is -1.93. The van der Waals surface area contributed by atoms with Crippen LogP contribution in [0.3, 0.4) is 0 Å². The number of hydrogen-bond donors (Lipinski definition) is 3. The predicted octanol–water partition coefficient (Wildman–Crippen LogP) is 0.746. The van der Waals surface area contributed by atoms with Crippen molar-refractivity contribution >= 4 is 22.6 Å². The molecule has 0 bridgehead atoms. The van der Waals surface area contributed by atoms with E-state index >= 15 is 0 Å². The first kappa shape index (κ1) is 24.1. The molecule has 0 amide bonds. The fourth-order valence-electron chi connectivity index (χ4n) is 4.08. The second-order valence-electron chi connectivity index (χ2n) is 8.39. The molecule has 2 aliphatic heterocycles. The predicted molar refractivity (Wildman–Crippen MR) is 123 cm³/mol. The summed E-state index contributed by atoms with van der Waals surface area (Å²) in [6.07, 6.45) is 2.05. The van der Waals surface area contributed by atoms with Crippen molar-refractivity contribution in [3.05, 3.63) is 66.7 Å². The van der Waals surface area contributed by atoms with Crippen LogP contribution in [0.5, 0.6) is 5.75 Å². The Hall–Kier alpha value is -4.00. The first-order valence-corrected chi connectivity index (χ1v) is 10.8. The van der Waals surface area contributed by atoms with E-state index in [1.165, 1.54) is 6.20 Å². The maximum atomic E-state index is 15.0. The second kappa shape index (κ2) is 9.33. The zero-order chi connectivity index (χ0) is 25.4. The number of H-pyrrole nitrogens is 2. The van der Waals surface area contributed by atoms with Gasteiger partial charge in [0.25, 0.3) is 5.56 Å². The molecule has 4 heterocycles. The molecular weight excluding hydrogens is 468 g/mol. The standard InChI is InChI=1S/C18H20FN3O4.C4H3FN2O2/c1-10-9-26-17-14-11(16(23)12(18(24)25)8-22(10)14)7-13(19)15(17)21-5-3-20(2)4-6-21;5-2-1-6-4(9)7-3(2)8/h7-8,10H,3-6,9H2,1-2H3,(H,24,25);1H,(H2,6,7,8,9). The van der Waals surface area contributed by atoms with E-state index < -0.39 is 34.3 Å². The summed E-state index contributed by atoms with van der Waals surface area (Å²) in [7, 11) is 2.02. The fourth-order valence-corrected chi connectivity index (χ4v) is 4.08. The molecule has 5 rings (SSSR count). The second-order valence-corrected chi connectivity index (χ2v) is 8.39. The average Bonchev–Trinajstić information content (AvgIpc) is 2.81. The first-order valence-electron chi connectivity index (χ1n) is 10.8. The lowest BCUT2D eigenvalue weighted by molar-refractivity contribution is 0.0694. The average molecular weight is 491 g/mol. The number of nitrogens with one attached hydrogen (secondary N) is 2. The van der Waals surface area contributed by atoms with Crippen molar-refractivity contribution < 1.29 is 23.4 Å². The van der Waals surface area contributed by atoms with Crippen molar-refractivity contribution in [3.63, 3.8) is 0 Å². The van der Waals surface area contributed by atoms with Gasteiger partial charge in [-0.25, -0.2) is 14.0 Å². The van der Waals surface area contributed by atoms with Gasteiger partial charge in [0.2, 0.25) is 11.2 Å². The minimum absolute atomic E-state index is 0.0434. The molecule has 1 atom stereocenters. The molecule has 2 aliphatic rings. The highest BCUT2D eigenvalue weighted by molar-refractivity contribution is 5.97. The molecule has 11 nitrogen and oxygen atoms in total. The van der Waals surface area contributed by atoms with Gasteiger partial charge in [0.05, 0.1) is 16.9 Å². The van der Waals surface area contributed by atoms with Gasteiger partial charge in [-0.15, -0.1) is 0 Å². The van der Waals surface area contributed by atoms with Gasteiger partial charge in [0.1, 0.15) is 17.9 Å². The van der Waals surface area contributed by atoms with E-state index in [2.05, 4.69) is 4.90 Å². The normalized spacial score (nSPS) is 17.5. The largest absolute Gasteiger partial charge is 0.487 e. The number of hydrogen-bond acceptors (Lipinski definition) is 7. The van der Waals surface area contributed by atoms with Crippen LogP contribution in [-0.4, -0.2) is 70.3 Å². The number of piperazine rings is 1.